The SMILES string of the molecule is CCCCCCCCCCCCCC[N+](C)(C)CCCN(C)C. The molecule has 0 aromatic rings. The lowest BCUT2D eigenvalue weighted by Crippen LogP contribution is -2.42. The molecule has 0 saturated carbocycles. The predicted molar refractivity (Wildman–Crippen MR) is 106 cm³/mol. The number of rotatable bonds is 17. The maximum atomic E-state index is 2.40. The van der Waals surface area contributed by atoms with Crippen LogP contribution in [0.25, 0.3) is 0 Å². The molecular formula is C21H47N2+. The lowest BCUT2D eigenvalue weighted by Gasteiger charge is -2.30. The van der Waals surface area contributed by atoms with Gasteiger partial charge in [0.05, 0.1) is 27.2 Å². The van der Waals surface area contributed by atoms with Gasteiger partial charge in [0.15, 0.2) is 0 Å². The minimum Gasteiger partial charge on any atom is -0.328 e. The first-order chi connectivity index (χ1) is 11.0. The van der Waals surface area contributed by atoms with Gasteiger partial charge in [0.2, 0.25) is 0 Å². The molecule has 0 heterocycles. The van der Waals surface area contributed by atoms with E-state index in [2.05, 4.69) is 40.0 Å². The van der Waals surface area contributed by atoms with E-state index in [1.54, 1.807) is 0 Å². The molecule has 0 radical (unpaired) electrons. The van der Waals surface area contributed by atoms with Gasteiger partial charge in [-0.25, -0.2) is 0 Å². The van der Waals surface area contributed by atoms with Gasteiger partial charge in [-0.05, 0) is 26.9 Å². The molecule has 2 heteroatoms. The topological polar surface area (TPSA) is 3.24 Å². The van der Waals surface area contributed by atoms with Crippen molar-refractivity contribution in [1.82, 2.24) is 4.90 Å². The molecule has 0 aliphatic heterocycles. The maximum absolute atomic E-state index is 2.40. The van der Waals surface area contributed by atoms with Crippen molar-refractivity contribution in [3.63, 3.8) is 0 Å². The Kier molecular flexibility index (Phi) is 15.4. The zero-order valence-electron chi connectivity index (χ0n) is 17.2. The zero-order chi connectivity index (χ0) is 17.4. The maximum Gasteiger partial charge on any atom is 0.0794 e. The fourth-order valence-electron chi connectivity index (χ4n) is 3.31. The van der Waals surface area contributed by atoms with Crippen molar-refractivity contribution in [2.75, 3.05) is 47.8 Å². The molecule has 0 bridgehead atoms. The quantitative estimate of drug-likeness (QED) is 0.244. The molecule has 0 fully saturated rings. The summed E-state index contributed by atoms with van der Waals surface area (Å²) >= 11 is 0. The third-order valence-corrected chi connectivity index (χ3v) is 4.99. The molecule has 0 spiro atoms. The van der Waals surface area contributed by atoms with Gasteiger partial charge in [-0.1, -0.05) is 71.1 Å². The summed E-state index contributed by atoms with van der Waals surface area (Å²) < 4.78 is 1.20. The van der Waals surface area contributed by atoms with Crippen molar-refractivity contribution in [3.05, 3.63) is 0 Å². The van der Waals surface area contributed by atoms with E-state index in [4.69, 9.17) is 0 Å². The molecule has 140 valence electrons. The number of hydrogen-bond donors (Lipinski definition) is 0. The summed E-state index contributed by atoms with van der Waals surface area (Å²) in [6.45, 7) is 6.19. The molecule has 0 saturated heterocycles. The zero-order valence-corrected chi connectivity index (χ0v) is 17.2. The summed E-state index contributed by atoms with van der Waals surface area (Å²) in [6, 6.07) is 0. The molecule has 0 amide bonds. The lowest BCUT2D eigenvalue weighted by molar-refractivity contribution is -0.890. The van der Waals surface area contributed by atoms with Gasteiger partial charge >= 0.3 is 0 Å². The van der Waals surface area contributed by atoms with Crippen LogP contribution in [-0.2, 0) is 0 Å². The Morgan fingerprint density at radius 2 is 0.957 bits per heavy atom. The Labute approximate surface area is 148 Å². The largest absolute Gasteiger partial charge is 0.328 e. The summed E-state index contributed by atoms with van der Waals surface area (Å²) in [5.41, 5.74) is 0. The van der Waals surface area contributed by atoms with E-state index in [0.717, 1.165) is 0 Å². The number of unbranched alkanes of at least 4 members (excludes halogenated alkanes) is 11. The second kappa shape index (κ2) is 15.4. The van der Waals surface area contributed by atoms with Crippen LogP contribution in [0, 0.1) is 0 Å². The van der Waals surface area contributed by atoms with Crippen LogP contribution in [-0.4, -0.2) is 57.2 Å². The third-order valence-electron chi connectivity index (χ3n) is 4.99. The number of nitrogens with zero attached hydrogens (tertiary/aromatic N) is 2. The van der Waals surface area contributed by atoms with Gasteiger partial charge in [-0.3, -0.25) is 0 Å². The van der Waals surface area contributed by atoms with Gasteiger partial charge in [0.25, 0.3) is 0 Å². The van der Waals surface area contributed by atoms with Crippen LogP contribution in [0.15, 0.2) is 0 Å². The predicted octanol–water partition coefficient (Wildman–Crippen LogP) is 5.72. The Bertz CT molecular complexity index is 236. The second-order valence-corrected chi connectivity index (χ2v) is 8.43. The van der Waals surface area contributed by atoms with Crippen LogP contribution in [0.4, 0.5) is 0 Å². The highest BCUT2D eigenvalue weighted by molar-refractivity contribution is 4.49. The van der Waals surface area contributed by atoms with Crippen molar-refractivity contribution < 1.29 is 4.48 Å². The third kappa shape index (κ3) is 18.1. The molecule has 0 N–H and O–H groups in total. The summed E-state index contributed by atoms with van der Waals surface area (Å²) in [6.07, 6.45) is 18.7. The first kappa shape index (κ1) is 22.9. The van der Waals surface area contributed by atoms with E-state index in [9.17, 15) is 0 Å². The van der Waals surface area contributed by atoms with E-state index >= 15 is 0 Å². The van der Waals surface area contributed by atoms with Crippen LogP contribution in [0.5, 0.6) is 0 Å². The molecule has 0 aromatic carbocycles. The average Bonchev–Trinajstić information content (AvgIpc) is 2.47. The van der Waals surface area contributed by atoms with E-state index in [1.807, 2.05) is 0 Å². The Hall–Kier alpha value is -0.0800. The van der Waals surface area contributed by atoms with Crippen molar-refractivity contribution in [3.8, 4) is 0 Å². The minimum atomic E-state index is 1.20. The van der Waals surface area contributed by atoms with E-state index in [1.165, 1.54) is 108 Å². The number of hydrogen-bond acceptors (Lipinski definition) is 1. The van der Waals surface area contributed by atoms with Crippen molar-refractivity contribution >= 4 is 0 Å². The molecule has 0 unspecified atom stereocenters. The Morgan fingerprint density at radius 1 is 0.565 bits per heavy atom. The van der Waals surface area contributed by atoms with Crippen LogP contribution >= 0.6 is 0 Å². The van der Waals surface area contributed by atoms with Crippen LogP contribution in [0.2, 0.25) is 0 Å². The molecule has 0 aromatic heterocycles. The average molecular weight is 328 g/mol. The van der Waals surface area contributed by atoms with Crippen LogP contribution in [0.1, 0.15) is 90.4 Å². The van der Waals surface area contributed by atoms with Gasteiger partial charge in [0, 0.05) is 13.0 Å². The fourth-order valence-corrected chi connectivity index (χ4v) is 3.31. The van der Waals surface area contributed by atoms with Gasteiger partial charge in [-0.2, -0.15) is 0 Å². The van der Waals surface area contributed by atoms with Gasteiger partial charge in [-0.15, -0.1) is 0 Å². The summed E-state index contributed by atoms with van der Waals surface area (Å²) in [5, 5.41) is 0. The van der Waals surface area contributed by atoms with Gasteiger partial charge in [0.1, 0.15) is 0 Å². The van der Waals surface area contributed by atoms with Crippen molar-refractivity contribution in [2.24, 2.45) is 0 Å². The molecule has 2 nitrogen and oxygen atoms in total. The first-order valence-corrected chi connectivity index (χ1v) is 10.4. The summed E-state index contributed by atoms with van der Waals surface area (Å²) in [4.78, 5) is 2.30. The second-order valence-electron chi connectivity index (χ2n) is 8.43. The molecule has 0 aliphatic rings. The van der Waals surface area contributed by atoms with E-state index in [-0.39, 0.29) is 0 Å². The summed E-state index contributed by atoms with van der Waals surface area (Å²) in [7, 11) is 9.14. The normalized spacial score (nSPS) is 12.3. The highest BCUT2D eigenvalue weighted by atomic mass is 15.3. The standard InChI is InChI=1S/C21H47N2/c1-6-7-8-9-10-11-12-13-14-15-16-17-20-23(4,5)21-18-19-22(2)3/h6-21H2,1-5H3/q+1. The number of quaternary nitrogens is 1. The van der Waals surface area contributed by atoms with Crippen LogP contribution in [0.3, 0.4) is 0 Å². The highest BCUT2D eigenvalue weighted by Crippen LogP contribution is 2.12. The minimum absolute atomic E-state index is 1.20. The molecule has 0 atom stereocenters. The highest BCUT2D eigenvalue weighted by Gasteiger charge is 2.13. The summed E-state index contributed by atoms with van der Waals surface area (Å²) in [5.74, 6) is 0. The smallest absolute Gasteiger partial charge is 0.0794 e. The van der Waals surface area contributed by atoms with Gasteiger partial charge < -0.3 is 9.38 Å². The molecular weight excluding hydrogens is 280 g/mol. The molecule has 23 heavy (non-hydrogen) atoms. The fraction of sp³-hybridized carbons (Fsp3) is 1.00. The lowest BCUT2D eigenvalue weighted by atomic mass is 10.1. The van der Waals surface area contributed by atoms with Crippen LogP contribution < -0.4 is 0 Å². The van der Waals surface area contributed by atoms with Crippen molar-refractivity contribution in [2.45, 2.75) is 90.4 Å². The van der Waals surface area contributed by atoms with Crippen molar-refractivity contribution in [1.29, 1.82) is 0 Å². The van der Waals surface area contributed by atoms with E-state index in [0.29, 0.717) is 0 Å². The Balaban J connectivity index is 3.28. The Morgan fingerprint density at radius 3 is 1.39 bits per heavy atom. The monoisotopic (exact) mass is 327 g/mol. The molecule has 0 rings (SSSR count). The first-order valence-electron chi connectivity index (χ1n) is 10.4. The van der Waals surface area contributed by atoms with E-state index < -0.39 is 0 Å². The molecule has 0 aliphatic carbocycles.